The Bertz CT molecular complexity index is 408. The predicted molar refractivity (Wildman–Crippen MR) is 45.6 cm³/mol. The standard InChI is InChI=1S/C8H9N3O/c1-2-6-10-5-3-4-12-7(5)8(9)11-6/h3-4H,2H2,1H3,(H2,9,10,11). The minimum absolute atomic E-state index is 0.418. The van der Waals surface area contributed by atoms with Crippen molar-refractivity contribution in [2.75, 3.05) is 5.73 Å². The lowest BCUT2D eigenvalue weighted by atomic mass is 10.4. The van der Waals surface area contributed by atoms with Crippen molar-refractivity contribution in [2.24, 2.45) is 0 Å². The van der Waals surface area contributed by atoms with Gasteiger partial charge in [-0.3, -0.25) is 0 Å². The van der Waals surface area contributed by atoms with E-state index in [-0.39, 0.29) is 0 Å². The molecule has 0 fully saturated rings. The molecule has 2 aromatic heterocycles. The van der Waals surface area contributed by atoms with Gasteiger partial charge in [0, 0.05) is 12.5 Å². The van der Waals surface area contributed by atoms with E-state index in [1.807, 2.05) is 6.92 Å². The maximum absolute atomic E-state index is 5.63. The molecule has 0 unspecified atom stereocenters. The number of fused-ring (bicyclic) bond motifs is 1. The molecule has 0 saturated carbocycles. The Labute approximate surface area is 69.4 Å². The van der Waals surface area contributed by atoms with Gasteiger partial charge in [-0.1, -0.05) is 6.92 Å². The maximum Gasteiger partial charge on any atom is 0.194 e. The third-order valence-corrected chi connectivity index (χ3v) is 1.69. The van der Waals surface area contributed by atoms with Gasteiger partial charge in [-0.05, 0) is 0 Å². The van der Waals surface area contributed by atoms with Crippen LogP contribution in [-0.4, -0.2) is 9.97 Å². The maximum atomic E-state index is 5.63. The van der Waals surface area contributed by atoms with Crippen molar-refractivity contribution in [1.29, 1.82) is 0 Å². The molecule has 0 aliphatic rings. The number of aromatic nitrogens is 2. The van der Waals surface area contributed by atoms with Gasteiger partial charge in [0.1, 0.15) is 11.3 Å². The van der Waals surface area contributed by atoms with E-state index < -0.39 is 0 Å². The van der Waals surface area contributed by atoms with Crippen LogP contribution < -0.4 is 5.73 Å². The number of hydrogen-bond acceptors (Lipinski definition) is 4. The van der Waals surface area contributed by atoms with Crippen molar-refractivity contribution >= 4 is 16.9 Å². The van der Waals surface area contributed by atoms with Crippen molar-refractivity contribution in [3.8, 4) is 0 Å². The van der Waals surface area contributed by atoms with Crippen molar-refractivity contribution in [3.63, 3.8) is 0 Å². The van der Waals surface area contributed by atoms with Crippen molar-refractivity contribution in [3.05, 3.63) is 18.2 Å². The van der Waals surface area contributed by atoms with Crippen LogP contribution in [-0.2, 0) is 6.42 Å². The summed E-state index contributed by atoms with van der Waals surface area (Å²) in [7, 11) is 0. The molecule has 62 valence electrons. The minimum Gasteiger partial charge on any atom is -0.459 e. The Morgan fingerprint density at radius 1 is 1.50 bits per heavy atom. The molecule has 0 bridgehead atoms. The van der Waals surface area contributed by atoms with Crippen LogP contribution in [0.4, 0.5) is 5.82 Å². The minimum atomic E-state index is 0.418. The summed E-state index contributed by atoms with van der Waals surface area (Å²) in [4.78, 5) is 8.29. The topological polar surface area (TPSA) is 64.9 Å². The number of furan rings is 1. The van der Waals surface area contributed by atoms with Crippen LogP contribution in [0.5, 0.6) is 0 Å². The Morgan fingerprint density at radius 2 is 2.33 bits per heavy atom. The molecule has 2 aromatic rings. The monoisotopic (exact) mass is 163 g/mol. The fraction of sp³-hybridized carbons (Fsp3) is 0.250. The van der Waals surface area contributed by atoms with Crippen LogP contribution in [0.2, 0.25) is 0 Å². The van der Waals surface area contributed by atoms with E-state index in [1.54, 1.807) is 12.3 Å². The second kappa shape index (κ2) is 2.48. The summed E-state index contributed by atoms with van der Waals surface area (Å²) in [5, 5.41) is 0. The first kappa shape index (κ1) is 7.09. The van der Waals surface area contributed by atoms with Crippen LogP contribution in [0, 0.1) is 0 Å². The Hall–Kier alpha value is -1.58. The zero-order valence-corrected chi connectivity index (χ0v) is 6.74. The fourth-order valence-electron chi connectivity index (χ4n) is 1.09. The summed E-state index contributed by atoms with van der Waals surface area (Å²) in [5.41, 5.74) is 6.99. The van der Waals surface area contributed by atoms with Gasteiger partial charge >= 0.3 is 0 Å². The van der Waals surface area contributed by atoms with Crippen LogP contribution in [0.15, 0.2) is 16.7 Å². The largest absolute Gasteiger partial charge is 0.459 e. The van der Waals surface area contributed by atoms with E-state index in [9.17, 15) is 0 Å². The molecule has 0 amide bonds. The molecule has 0 aromatic carbocycles. The summed E-state index contributed by atoms with van der Waals surface area (Å²) in [6, 6.07) is 1.78. The number of hydrogen-bond donors (Lipinski definition) is 1. The third kappa shape index (κ3) is 0.922. The van der Waals surface area contributed by atoms with Gasteiger partial charge in [-0.25, -0.2) is 9.97 Å². The molecule has 2 heterocycles. The second-order valence-corrected chi connectivity index (χ2v) is 2.51. The van der Waals surface area contributed by atoms with Gasteiger partial charge in [-0.15, -0.1) is 0 Å². The molecule has 4 heteroatoms. The fourth-order valence-corrected chi connectivity index (χ4v) is 1.09. The zero-order chi connectivity index (χ0) is 8.55. The SMILES string of the molecule is CCc1nc(N)c2occc2n1. The Balaban J connectivity index is 2.75. The molecular weight excluding hydrogens is 154 g/mol. The smallest absolute Gasteiger partial charge is 0.194 e. The van der Waals surface area contributed by atoms with E-state index in [4.69, 9.17) is 10.2 Å². The van der Waals surface area contributed by atoms with Crippen molar-refractivity contribution in [2.45, 2.75) is 13.3 Å². The van der Waals surface area contributed by atoms with Crippen LogP contribution in [0.1, 0.15) is 12.7 Å². The Morgan fingerprint density at radius 3 is 3.08 bits per heavy atom. The number of aryl methyl sites for hydroxylation is 1. The summed E-state index contributed by atoms with van der Waals surface area (Å²) < 4.78 is 5.10. The molecule has 0 spiro atoms. The lowest BCUT2D eigenvalue weighted by molar-refractivity contribution is 0.614. The van der Waals surface area contributed by atoms with E-state index in [2.05, 4.69) is 9.97 Å². The third-order valence-electron chi connectivity index (χ3n) is 1.69. The van der Waals surface area contributed by atoms with E-state index >= 15 is 0 Å². The molecule has 0 aliphatic carbocycles. The summed E-state index contributed by atoms with van der Waals surface area (Å²) in [5.74, 6) is 1.17. The molecule has 2 N–H and O–H groups in total. The highest BCUT2D eigenvalue weighted by Crippen LogP contribution is 2.18. The van der Waals surface area contributed by atoms with E-state index in [0.29, 0.717) is 11.4 Å². The first-order valence-electron chi connectivity index (χ1n) is 3.81. The number of anilines is 1. The first-order chi connectivity index (χ1) is 5.81. The highest BCUT2D eigenvalue weighted by Gasteiger charge is 2.05. The highest BCUT2D eigenvalue weighted by atomic mass is 16.3. The average Bonchev–Trinajstić information content (AvgIpc) is 2.52. The highest BCUT2D eigenvalue weighted by molar-refractivity contribution is 5.81. The lowest BCUT2D eigenvalue weighted by Gasteiger charge is -1.97. The number of rotatable bonds is 1. The summed E-state index contributed by atoms with van der Waals surface area (Å²) >= 11 is 0. The molecule has 12 heavy (non-hydrogen) atoms. The molecule has 0 saturated heterocycles. The van der Waals surface area contributed by atoms with Gasteiger partial charge < -0.3 is 10.2 Å². The van der Waals surface area contributed by atoms with E-state index in [0.717, 1.165) is 17.8 Å². The van der Waals surface area contributed by atoms with Crippen molar-refractivity contribution in [1.82, 2.24) is 9.97 Å². The second-order valence-electron chi connectivity index (χ2n) is 2.51. The van der Waals surface area contributed by atoms with Crippen LogP contribution in [0.25, 0.3) is 11.1 Å². The van der Waals surface area contributed by atoms with Crippen LogP contribution >= 0.6 is 0 Å². The van der Waals surface area contributed by atoms with Gasteiger partial charge in [0.15, 0.2) is 11.4 Å². The van der Waals surface area contributed by atoms with Crippen molar-refractivity contribution < 1.29 is 4.42 Å². The normalized spacial score (nSPS) is 10.8. The number of nitrogen functional groups attached to an aromatic ring is 1. The van der Waals surface area contributed by atoms with Gasteiger partial charge in [0.25, 0.3) is 0 Å². The summed E-state index contributed by atoms with van der Waals surface area (Å²) in [6.07, 6.45) is 2.35. The predicted octanol–water partition coefficient (Wildman–Crippen LogP) is 1.37. The van der Waals surface area contributed by atoms with Gasteiger partial charge in [0.05, 0.1) is 6.26 Å². The number of nitrogens with zero attached hydrogens (tertiary/aromatic N) is 2. The van der Waals surface area contributed by atoms with Gasteiger partial charge in [-0.2, -0.15) is 0 Å². The molecule has 4 nitrogen and oxygen atoms in total. The Kier molecular flexibility index (Phi) is 1.46. The zero-order valence-electron chi connectivity index (χ0n) is 6.74. The average molecular weight is 163 g/mol. The van der Waals surface area contributed by atoms with Gasteiger partial charge in [0.2, 0.25) is 0 Å². The van der Waals surface area contributed by atoms with Crippen LogP contribution in [0.3, 0.4) is 0 Å². The first-order valence-corrected chi connectivity index (χ1v) is 3.81. The molecule has 0 atom stereocenters. The lowest BCUT2D eigenvalue weighted by Crippen LogP contribution is -1.98. The van der Waals surface area contributed by atoms with E-state index in [1.165, 1.54) is 0 Å². The molecule has 2 rings (SSSR count). The number of nitrogens with two attached hydrogens (primary N) is 1. The molecule has 0 radical (unpaired) electrons. The molecular formula is C8H9N3O. The molecule has 0 aliphatic heterocycles. The quantitative estimate of drug-likeness (QED) is 0.689. The summed E-state index contributed by atoms with van der Waals surface area (Å²) in [6.45, 7) is 1.99.